The van der Waals surface area contributed by atoms with Gasteiger partial charge in [0.25, 0.3) is 0 Å². The number of nitrogens with one attached hydrogen (secondary N) is 1. The Kier molecular flexibility index (Phi) is 5.34. The summed E-state index contributed by atoms with van der Waals surface area (Å²) in [5.74, 6) is 0.230. The summed E-state index contributed by atoms with van der Waals surface area (Å²) in [6.45, 7) is 10.2. The molecular weight excluding hydrogens is 425 g/mol. The first kappa shape index (κ1) is 23.0. The topological polar surface area (TPSA) is 79.1 Å². The van der Waals surface area contributed by atoms with Crippen molar-refractivity contribution in [2.45, 2.75) is 58.3 Å². The number of fused-ring (bicyclic) bond motifs is 2. The number of hydrogen-bond donors (Lipinski definition) is 2. The van der Waals surface area contributed by atoms with E-state index in [1.165, 1.54) is 22.9 Å². The Morgan fingerprint density at radius 1 is 1.22 bits per heavy atom. The molecule has 4 atom stereocenters. The molecule has 176 valence electrons. The predicted molar refractivity (Wildman–Crippen MR) is 110 cm³/mol. The monoisotopic (exact) mass is 454 g/mol. The fourth-order valence-electron chi connectivity index (χ4n) is 4.69. The number of pyridine rings is 1. The first-order valence-corrected chi connectivity index (χ1v) is 10.6. The number of alkyl halides is 3. The van der Waals surface area contributed by atoms with Gasteiger partial charge in [-0.15, -0.1) is 0 Å². The summed E-state index contributed by atoms with van der Waals surface area (Å²) in [5.41, 5.74) is -2.27. The third-order valence-corrected chi connectivity index (χ3v) is 6.17. The first-order valence-electron chi connectivity index (χ1n) is 10.6. The number of hydrogen-bond acceptors (Lipinski definition) is 5. The van der Waals surface area contributed by atoms with Gasteiger partial charge in [-0.1, -0.05) is 0 Å². The molecule has 3 heterocycles. The van der Waals surface area contributed by atoms with Crippen LogP contribution in [-0.2, 0) is 21.2 Å². The van der Waals surface area contributed by atoms with Gasteiger partial charge in [-0.3, -0.25) is 9.69 Å². The minimum Gasteiger partial charge on any atom is -0.356 e. The Labute approximate surface area is 184 Å². The molecule has 4 rings (SSSR count). The van der Waals surface area contributed by atoms with Crippen LogP contribution in [0.25, 0.3) is 5.52 Å². The lowest BCUT2D eigenvalue weighted by Gasteiger charge is -2.31. The second-order valence-corrected chi connectivity index (χ2v) is 10.2. The van der Waals surface area contributed by atoms with Gasteiger partial charge in [0.1, 0.15) is 5.82 Å². The van der Waals surface area contributed by atoms with Crippen LogP contribution in [-0.4, -0.2) is 50.4 Å². The van der Waals surface area contributed by atoms with Crippen LogP contribution in [0, 0.1) is 17.8 Å². The molecule has 0 aromatic carbocycles. The largest absolute Gasteiger partial charge is 0.418 e. The van der Waals surface area contributed by atoms with Gasteiger partial charge in [-0.05, 0) is 58.6 Å². The molecule has 0 bridgehead atoms. The molecule has 32 heavy (non-hydrogen) atoms. The number of likely N-dealkylation sites (tertiary alicyclic amines) is 1. The zero-order valence-corrected chi connectivity index (χ0v) is 18.8. The number of carbonyl (C=O) groups excluding carboxylic acids is 1. The molecule has 2 aromatic heterocycles. The number of piperidine rings is 1. The molecular formula is C22H29F3N4O3. The van der Waals surface area contributed by atoms with Crippen LogP contribution >= 0.6 is 0 Å². The van der Waals surface area contributed by atoms with E-state index in [4.69, 9.17) is 4.74 Å². The summed E-state index contributed by atoms with van der Waals surface area (Å²) in [7, 11) is 0. The first-order chi connectivity index (χ1) is 14.7. The van der Waals surface area contributed by atoms with E-state index in [9.17, 15) is 23.1 Å². The minimum absolute atomic E-state index is 0.0518. The molecule has 1 aliphatic heterocycles. The third-order valence-electron chi connectivity index (χ3n) is 6.17. The van der Waals surface area contributed by atoms with E-state index in [0.29, 0.717) is 18.9 Å². The second kappa shape index (κ2) is 7.43. The number of nitrogens with zero attached hydrogens (tertiary/aromatic N) is 3. The smallest absolute Gasteiger partial charge is 0.356 e. The average molecular weight is 454 g/mol. The van der Waals surface area contributed by atoms with E-state index in [2.05, 4.69) is 10.3 Å². The Morgan fingerprint density at radius 2 is 1.84 bits per heavy atom. The van der Waals surface area contributed by atoms with Gasteiger partial charge >= 0.3 is 6.18 Å². The number of halogens is 3. The van der Waals surface area contributed by atoms with Gasteiger partial charge in [0.15, 0.2) is 0 Å². The van der Waals surface area contributed by atoms with Crippen molar-refractivity contribution in [3.05, 3.63) is 35.9 Å². The molecule has 2 unspecified atom stereocenters. The van der Waals surface area contributed by atoms with Crippen molar-refractivity contribution >= 4 is 11.4 Å². The summed E-state index contributed by atoms with van der Waals surface area (Å²) >= 11 is 0. The number of imidazole rings is 1. The molecule has 1 saturated carbocycles. The number of aliphatic hydroxyl groups excluding tert-OH is 1. The normalized spacial score (nSPS) is 25.1. The number of carbonyl (C=O) groups is 1. The number of rotatable bonds is 5. The molecule has 1 aliphatic carbocycles. The van der Waals surface area contributed by atoms with E-state index in [0.717, 1.165) is 6.07 Å². The molecule has 1 amide bonds. The number of ether oxygens (including phenoxy) is 1. The summed E-state index contributed by atoms with van der Waals surface area (Å²) in [6.07, 6.45) is -2.80. The van der Waals surface area contributed by atoms with Crippen molar-refractivity contribution in [3.8, 4) is 0 Å². The lowest BCUT2D eigenvalue weighted by molar-refractivity contribution is -0.236. The molecule has 7 nitrogen and oxygen atoms in total. The Hall–Kier alpha value is -2.17. The van der Waals surface area contributed by atoms with Crippen LogP contribution in [0.4, 0.5) is 13.2 Å². The fraction of sp³-hybridized carbons (Fsp3) is 0.636. The quantitative estimate of drug-likeness (QED) is 0.680. The molecule has 2 fully saturated rings. The highest BCUT2D eigenvalue weighted by Gasteiger charge is 2.60. The maximum atomic E-state index is 13.3. The standard InChI is InChI=1S/C22H29F3N4O3/c1-20(2,3)32-19(31)28-10-12-13(11-28)16(12)17(30)27-21(4,5)18-26-9-15-14(22(23,24)25)7-6-8-29(15)18/h6-9,12-13,16,19,31H,10-11H2,1-5H3,(H,27,30)/t12-,13+,16?,19?. The van der Waals surface area contributed by atoms with E-state index in [1.807, 2.05) is 25.7 Å². The predicted octanol–water partition coefficient (Wildman–Crippen LogP) is 2.97. The van der Waals surface area contributed by atoms with E-state index >= 15 is 0 Å². The second-order valence-electron chi connectivity index (χ2n) is 10.2. The van der Waals surface area contributed by atoms with Gasteiger partial charge in [-0.2, -0.15) is 13.2 Å². The molecule has 1 saturated heterocycles. The van der Waals surface area contributed by atoms with Crippen LogP contribution in [0.2, 0.25) is 0 Å². The SMILES string of the molecule is CC(C)(C)OC(O)N1C[C@@H]2C(C(=O)NC(C)(C)c3ncc4c(C(F)(F)F)cccn34)[C@@H]2C1. The van der Waals surface area contributed by atoms with Crippen LogP contribution < -0.4 is 5.32 Å². The average Bonchev–Trinajstić information content (AvgIpc) is 3.00. The van der Waals surface area contributed by atoms with Gasteiger partial charge in [0, 0.05) is 25.2 Å². The van der Waals surface area contributed by atoms with Crippen LogP contribution in [0.1, 0.15) is 46.0 Å². The van der Waals surface area contributed by atoms with Crippen molar-refractivity contribution in [1.82, 2.24) is 19.6 Å². The van der Waals surface area contributed by atoms with Gasteiger partial charge in [-0.25, -0.2) is 4.98 Å². The van der Waals surface area contributed by atoms with Gasteiger partial charge < -0.3 is 19.6 Å². The number of aromatic nitrogens is 2. The highest BCUT2D eigenvalue weighted by molar-refractivity contribution is 5.83. The highest BCUT2D eigenvalue weighted by atomic mass is 19.4. The minimum atomic E-state index is -4.49. The molecule has 0 radical (unpaired) electrons. The van der Waals surface area contributed by atoms with Crippen LogP contribution in [0.5, 0.6) is 0 Å². The fourth-order valence-corrected chi connectivity index (χ4v) is 4.69. The van der Waals surface area contributed by atoms with E-state index < -0.39 is 29.3 Å². The zero-order chi connectivity index (χ0) is 23.6. The van der Waals surface area contributed by atoms with E-state index in [-0.39, 0.29) is 29.2 Å². The Morgan fingerprint density at radius 3 is 2.41 bits per heavy atom. The van der Waals surface area contributed by atoms with Crippen molar-refractivity contribution in [2.24, 2.45) is 17.8 Å². The van der Waals surface area contributed by atoms with Crippen LogP contribution in [0.15, 0.2) is 24.5 Å². The summed E-state index contributed by atoms with van der Waals surface area (Å²) in [5, 5.41) is 13.2. The molecule has 0 spiro atoms. The lowest BCUT2D eigenvalue weighted by Crippen LogP contribution is -2.46. The maximum Gasteiger partial charge on any atom is 0.418 e. The van der Waals surface area contributed by atoms with Gasteiger partial charge in [0.05, 0.1) is 28.4 Å². The molecule has 10 heteroatoms. The maximum absolute atomic E-state index is 13.3. The zero-order valence-electron chi connectivity index (χ0n) is 18.8. The van der Waals surface area contributed by atoms with Crippen molar-refractivity contribution in [2.75, 3.05) is 13.1 Å². The molecule has 2 N–H and O–H groups in total. The Balaban J connectivity index is 1.43. The van der Waals surface area contributed by atoms with Crippen molar-refractivity contribution in [3.63, 3.8) is 0 Å². The Bertz CT molecular complexity index is 1020. The molecule has 2 aliphatic rings. The third kappa shape index (κ3) is 4.23. The number of amides is 1. The summed E-state index contributed by atoms with van der Waals surface area (Å²) in [4.78, 5) is 19.0. The highest BCUT2D eigenvalue weighted by Crippen LogP contribution is 2.52. The van der Waals surface area contributed by atoms with Crippen molar-refractivity contribution in [1.29, 1.82) is 0 Å². The summed E-state index contributed by atoms with van der Waals surface area (Å²) < 4.78 is 46.9. The van der Waals surface area contributed by atoms with Crippen LogP contribution in [0.3, 0.4) is 0 Å². The molecule has 2 aromatic rings. The number of aliphatic hydroxyl groups is 1. The summed E-state index contributed by atoms with van der Waals surface area (Å²) in [6, 6.07) is 2.34. The van der Waals surface area contributed by atoms with Crippen molar-refractivity contribution < 1.29 is 27.8 Å². The van der Waals surface area contributed by atoms with Gasteiger partial charge in [0.2, 0.25) is 12.3 Å². The van der Waals surface area contributed by atoms with E-state index in [1.54, 1.807) is 13.8 Å². The lowest BCUT2D eigenvalue weighted by atomic mass is 10.0.